The van der Waals surface area contributed by atoms with Gasteiger partial charge in [-0.3, -0.25) is 9.69 Å². The van der Waals surface area contributed by atoms with E-state index in [0.29, 0.717) is 23.6 Å². The molecule has 2 N–H and O–H groups in total. The summed E-state index contributed by atoms with van der Waals surface area (Å²) < 4.78 is 19.3. The van der Waals surface area contributed by atoms with E-state index in [-0.39, 0.29) is 11.8 Å². The van der Waals surface area contributed by atoms with Crippen LogP contribution in [0.4, 0.5) is 9.18 Å². The van der Waals surface area contributed by atoms with E-state index in [4.69, 9.17) is 4.74 Å². The van der Waals surface area contributed by atoms with Gasteiger partial charge in [-0.1, -0.05) is 30.3 Å². The third-order valence-corrected chi connectivity index (χ3v) is 6.90. The van der Waals surface area contributed by atoms with Crippen LogP contribution < -0.4 is 10.1 Å². The second kappa shape index (κ2) is 12.2. The fraction of sp³-hybridized carbons (Fsp3) is 0.444. The zero-order valence-corrected chi connectivity index (χ0v) is 21.3. The molecule has 3 aliphatic heterocycles. The Morgan fingerprint density at radius 3 is 2.51 bits per heavy atom. The zero-order chi connectivity index (χ0) is 26.4. The average Bonchev–Trinajstić information content (AvgIpc) is 3.31. The SMILES string of the molecule is CNCCCN1CCN(C(C)=O)CC1.O=C(O)N1N=C2c3cc(F)ccc3OC[C@H]2[C@H]1c1ccccc1. The molecule has 0 bridgehead atoms. The number of amides is 2. The molecule has 0 aliphatic carbocycles. The summed E-state index contributed by atoms with van der Waals surface area (Å²) in [6.07, 6.45) is 0.0510. The molecule has 2 amide bonds. The normalized spacial score (nSPS) is 20.7. The molecule has 5 rings (SSSR count). The molecule has 3 aliphatic rings. The summed E-state index contributed by atoms with van der Waals surface area (Å²) >= 11 is 0. The lowest BCUT2D eigenvalue weighted by atomic mass is 9.86. The van der Waals surface area contributed by atoms with Crippen LogP contribution >= 0.6 is 0 Å². The van der Waals surface area contributed by atoms with E-state index in [2.05, 4.69) is 15.3 Å². The molecule has 3 heterocycles. The lowest BCUT2D eigenvalue weighted by Gasteiger charge is -2.34. The monoisotopic (exact) mass is 511 g/mol. The van der Waals surface area contributed by atoms with Crippen LogP contribution in [0.25, 0.3) is 0 Å². The lowest BCUT2D eigenvalue weighted by molar-refractivity contribution is -0.130. The number of benzene rings is 2. The van der Waals surface area contributed by atoms with Gasteiger partial charge in [0.2, 0.25) is 5.91 Å². The summed E-state index contributed by atoms with van der Waals surface area (Å²) in [7, 11) is 1.98. The third kappa shape index (κ3) is 6.26. The Hall–Kier alpha value is -3.50. The summed E-state index contributed by atoms with van der Waals surface area (Å²) in [5.74, 6) is 0.0730. The van der Waals surface area contributed by atoms with Crippen LogP contribution in [0, 0.1) is 11.7 Å². The van der Waals surface area contributed by atoms with E-state index in [0.717, 1.165) is 49.8 Å². The maximum Gasteiger partial charge on any atom is 0.428 e. The van der Waals surface area contributed by atoms with Gasteiger partial charge >= 0.3 is 6.09 Å². The van der Waals surface area contributed by atoms with Crippen molar-refractivity contribution >= 4 is 17.7 Å². The number of fused-ring (bicyclic) bond motifs is 3. The van der Waals surface area contributed by atoms with E-state index in [1.54, 1.807) is 13.0 Å². The number of carboxylic acid groups (broad SMARTS) is 1. The van der Waals surface area contributed by atoms with Gasteiger partial charge in [0.15, 0.2) is 0 Å². The number of ether oxygens (including phenoxy) is 1. The van der Waals surface area contributed by atoms with Gasteiger partial charge in [0.05, 0.1) is 24.3 Å². The van der Waals surface area contributed by atoms with Gasteiger partial charge in [-0.2, -0.15) is 10.1 Å². The van der Waals surface area contributed by atoms with Crippen LogP contribution in [0.5, 0.6) is 5.75 Å². The van der Waals surface area contributed by atoms with Crippen LogP contribution in [0.2, 0.25) is 0 Å². The van der Waals surface area contributed by atoms with E-state index < -0.39 is 18.0 Å². The van der Waals surface area contributed by atoms with Crippen molar-refractivity contribution in [2.45, 2.75) is 19.4 Å². The summed E-state index contributed by atoms with van der Waals surface area (Å²) in [6.45, 7) is 8.04. The van der Waals surface area contributed by atoms with Gasteiger partial charge in [0.25, 0.3) is 0 Å². The van der Waals surface area contributed by atoms with Crippen molar-refractivity contribution in [1.82, 2.24) is 20.1 Å². The molecule has 37 heavy (non-hydrogen) atoms. The van der Waals surface area contributed by atoms with Crippen LogP contribution in [0.1, 0.15) is 30.5 Å². The fourth-order valence-electron chi connectivity index (χ4n) is 4.96. The largest absolute Gasteiger partial charge is 0.492 e. The van der Waals surface area contributed by atoms with Gasteiger partial charge in [-0.15, -0.1) is 0 Å². The Kier molecular flexibility index (Phi) is 8.73. The van der Waals surface area contributed by atoms with E-state index >= 15 is 0 Å². The predicted octanol–water partition coefficient (Wildman–Crippen LogP) is 3.03. The molecular weight excluding hydrogens is 477 g/mol. The molecule has 9 nitrogen and oxygen atoms in total. The number of rotatable bonds is 5. The molecule has 2 atom stereocenters. The Balaban J connectivity index is 0.000000197. The molecule has 0 spiro atoms. The highest BCUT2D eigenvalue weighted by Crippen LogP contribution is 2.42. The Bertz CT molecular complexity index is 1120. The molecule has 0 aromatic heterocycles. The number of carbonyl (C=O) groups excluding carboxylic acids is 1. The summed E-state index contributed by atoms with van der Waals surface area (Å²) in [6, 6.07) is 13.0. The molecule has 10 heteroatoms. The van der Waals surface area contributed by atoms with Gasteiger partial charge in [-0.25, -0.2) is 9.18 Å². The van der Waals surface area contributed by atoms with Crippen LogP contribution in [-0.4, -0.2) is 90.6 Å². The maximum absolute atomic E-state index is 13.6. The Labute approximate surface area is 216 Å². The number of nitrogens with zero attached hydrogens (tertiary/aromatic N) is 4. The molecule has 2 aromatic rings. The molecule has 0 radical (unpaired) electrons. The quantitative estimate of drug-likeness (QED) is 0.599. The maximum atomic E-state index is 13.6. The fourth-order valence-corrected chi connectivity index (χ4v) is 4.96. The number of hydrogen-bond acceptors (Lipinski definition) is 6. The van der Waals surface area contributed by atoms with Crippen LogP contribution in [0.3, 0.4) is 0 Å². The lowest BCUT2D eigenvalue weighted by Crippen LogP contribution is -2.48. The average molecular weight is 512 g/mol. The molecule has 1 fully saturated rings. The first kappa shape index (κ1) is 26.6. The second-order valence-corrected chi connectivity index (χ2v) is 9.33. The minimum Gasteiger partial charge on any atom is -0.492 e. The van der Waals surface area contributed by atoms with E-state index in [9.17, 15) is 19.1 Å². The highest BCUT2D eigenvalue weighted by atomic mass is 19.1. The first-order valence-corrected chi connectivity index (χ1v) is 12.6. The summed E-state index contributed by atoms with van der Waals surface area (Å²) in [5, 5.41) is 17.9. The van der Waals surface area contributed by atoms with Gasteiger partial charge < -0.3 is 20.1 Å². The smallest absolute Gasteiger partial charge is 0.428 e. The topological polar surface area (TPSA) is 97.7 Å². The molecule has 0 unspecified atom stereocenters. The van der Waals surface area contributed by atoms with Crippen molar-refractivity contribution in [2.24, 2.45) is 11.0 Å². The number of piperazine rings is 1. The molecule has 2 aromatic carbocycles. The third-order valence-electron chi connectivity index (χ3n) is 6.90. The first-order valence-electron chi connectivity index (χ1n) is 12.6. The van der Waals surface area contributed by atoms with Gasteiger partial charge in [0, 0.05) is 38.7 Å². The summed E-state index contributed by atoms with van der Waals surface area (Å²) in [5.41, 5.74) is 1.91. The highest BCUT2D eigenvalue weighted by Gasteiger charge is 2.45. The minimum absolute atomic E-state index is 0.208. The number of hydrogen-bond donors (Lipinski definition) is 2. The van der Waals surface area contributed by atoms with Crippen molar-refractivity contribution in [3.8, 4) is 5.75 Å². The van der Waals surface area contributed by atoms with Crippen molar-refractivity contribution < 1.29 is 23.8 Å². The zero-order valence-electron chi connectivity index (χ0n) is 21.3. The second-order valence-electron chi connectivity index (χ2n) is 9.33. The molecular formula is C27H34FN5O4. The number of carbonyl (C=O) groups is 2. The number of hydrazone groups is 1. The Morgan fingerprint density at radius 2 is 1.86 bits per heavy atom. The minimum atomic E-state index is -1.14. The van der Waals surface area contributed by atoms with Crippen molar-refractivity contribution in [1.29, 1.82) is 0 Å². The number of nitrogens with one attached hydrogen (secondary N) is 1. The first-order chi connectivity index (χ1) is 17.9. The van der Waals surface area contributed by atoms with Crippen LogP contribution in [0.15, 0.2) is 53.6 Å². The molecule has 198 valence electrons. The van der Waals surface area contributed by atoms with Crippen molar-refractivity contribution in [3.05, 3.63) is 65.5 Å². The number of halogens is 1. The summed E-state index contributed by atoms with van der Waals surface area (Å²) in [4.78, 5) is 27.0. The predicted molar refractivity (Wildman–Crippen MR) is 138 cm³/mol. The van der Waals surface area contributed by atoms with Gasteiger partial charge in [0.1, 0.15) is 11.6 Å². The Morgan fingerprint density at radius 1 is 1.14 bits per heavy atom. The molecule has 0 saturated carbocycles. The van der Waals surface area contributed by atoms with Crippen molar-refractivity contribution in [2.75, 3.05) is 52.9 Å². The standard InChI is InChI=1S/C17H13FN2O3.C10H21N3O/c18-11-6-7-14-12(8-11)15-13(9-23-14)16(20(19-15)17(21)22)10-4-2-1-3-5-10;1-10(14)13-8-6-12(7-9-13)5-3-4-11-2/h1-8,13,16H,9H2,(H,21,22);11H,3-9H2,1-2H3/t13-,16-;/m1./s1. The van der Waals surface area contributed by atoms with Crippen LogP contribution in [-0.2, 0) is 4.79 Å². The van der Waals surface area contributed by atoms with E-state index in [1.165, 1.54) is 18.6 Å². The highest BCUT2D eigenvalue weighted by molar-refractivity contribution is 6.07. The van der Waals surface area contributed by atoms with Gasteiger partial charge in [-0.05, 0) is 50.3 Å². The van der Waals surface area contributed by atoms with E-state index in [1.807, 2.05) is 42.3 Å². The molecule has 1 saturated heterocycles. The van der Waals surface area contributed by atoms with Crippen molar-refractivity contribution in [3.63, 3.8) is 0 Å².